The molecule has 0 amide bonds. The second kappa shape index (κ2) is 6.09. The molecular weight excluding hydrogens is 250 g/mol. The Morgan fingerprint density at radius 3 is 2.80 bits per heavy atom. The topological polar surface area (TPSA) is 49.9 Å². The highest BCUT2D eigenvalue weighted by Gasteiger charge is 2.20. The molecular formula is C16H21N3O. The number of H-pyrrole nitrogens is 1. The normalized spacial score (nSPS) is 14.4. The Labute approximate surface area is 119 Å². The molecule has 4 heteroatoms. The molecule has 1 aromatic carbocycles. The summed E-state index contributed by atoms with van der Waals surface area (Å²) in [5.74, 6) is 0.924. The van der Waals surface area contributed by atoms with Gasteiger partial charge in [0.2, 0.25) is 0 Å². The summed E-state index contributed by atoms with van der Waals surface area (Å²) in [5.41, 5.74) is 3.47. The maximum Gasteiger partial charge on any atom is 0.119 e. The first kappa shape index (κ1) is 13.2. The zero-order valence-corrected chi connectivity index (χ0v) is 11.9. The van der Waals surface area contributed by atoms with Gasteiger partial charge in [0.1, 0.15) is 5.75 Å². The third kappa shape index (κ3) is 3.20. The van der Waals surface area contributed by atoms with E-state index in [1.807, 2.05) is 18.3 Å². The number of nitrogens with zero attached hydrogens (tertiary/aromatic N) is 1. The van der Waals surface area contributed by atoms with Gasteiger partial charge in [-0.15, -0.1) is 0 Å². The lowest BCUT2D eigenvalue weighted by molar-refractivity contribution is 0.317. The highest BCUT2D eigenvalue weighted by molar-refractivity contribution is 5.63. The Hall–Kier alpha value is -1.81. The summed E-state index contributed by atoms with van der Waals surface area (Å²) in [6.07, 6.45) is 5.54. The van der Waals surface area contributed by atoms with Crippen LogP contribution in [-0.2, 0) is 6.54 Å². The van der Waals surface area contributed by atoms with Crippen LogP contribution in [0, 0.1) is 0 Å². The summed E-state index contributed by atoms with van der Waals surface area (Å²) in [6.45, 7) is 3.75. The summed E-state index contributed by atoms with van der Waals surface area (Å²) >= 11 is 0. The van der Waals surface area contributed by atoms with Crippen LogP contribution in [0.3, 0.4) is 0 Å². The van der Waals surface area contributed by atoms with Gasteiger partial charge in [0.25, 0.3) is 0 Å². The van der Waals surface area contributed by atoms with Gasteiger partial charge in [-0.05, 0) is 43.5 Å². The van der Waals surface area contributed by atoms with Gasteiger partial charge in [0.15, 0.2) is 0 Å². The summed E-state index contributed by atoms with van der Waals surface area (Å²) in [5, 5.41) is 10.8. The second-order valence-electron chi connectivity index (χ2n) is 5.30. The van der Waals surface area contributed by atoms with Crippen molar-refractivity contribution in [2.24, 2.45) is 0 Å². The Bertz CT molecular complexity index is 543. The first-order valence-electron chi connectivity index (χ1n) is 7.35. The molecule has 1 aliphatic carbocycles. The van der Waals surface area contributed by atoms with Crippen LogP contribution in [0.4, 0.5) is 0 Å². The minimum atomic E-state index is 0.711. The molecule has 1 fully saturated rings. The molecule has 0 saturated heterocycles. The average Bonchev–Trinajstić information content (AvgIpc) is 3.20. The zero-order chi connectivity index (χ0) is 13.8. The first-order chi connectivity index (χ1) is 9.86. The fourth-order valence-corrected chi connectivity index (χ4v) is 2.17. The molecule has 0 spiro atoms. The molecule has 1 heterocycles. The molecule has 1 saturated carbocycles. The molecule has 0 bridgehead atoms. The SMILES string of the molecule is CCCOc1ccc(-c2[nH]ncc2CNC2CC2)cc1. The van der Waals surface area contributed by atoms with Gasteiger partial charge in [0, 0.05) is 23.7 Å². The maximum absolute atomic E-state index is 5.61. The van der Waals surface area contributed by atoms with Crippen LogP contribution in [0.1, 0.15) is 31.7 Å². The number of benzene rings is 1. The van der Waals surface area contributed by atoms with E-state index in [-0.39, 0.29) is 0 Å². The van der Waals surface area contributed by atoms with Gasteiger partial charge in [-0.25, -0.2) is 0 Å². The zero-order valence-electron chi connectivity index (χ0n) is 11.9. The standard InChI is InChI=1S/C16H21N3O/c1-2-9-20-15-7-3-12(4-8-15)16-13(11-18-19-16)10-17-14-5-6-14/h3-4,7-8,11,14,17H,2,5-6,9-10H2,1H3,(H,18,19). The van der Waals surface area contributed by atoms with Crippen molar-refractivity contribution in [1.29, 1.82) is 0 Å². The summed E-state index contributed by atoms with van der Waals surface area (Å²) < 4.78 is 5.61. The van der Waals surface area contributed by atoms with Gasteiger partial charge >= 0.3 is 0 Å². The van der Waals surface area contributed by atoms with Gasteiger partial charge in [0.05, 0.1) is 18.5 Å². The van der Waals surface area contributed by atoms with E-state index in [9.17, 15) is 0 Å². The fraction of sp³-hybridized carbons (Fsp3) is 0.438. The molecule has 0 atom stereocenters. The van der Waals surface area contributed by atoms with Crippen LogP contribution >= 0.6 is 0 Å². The molecule has 3 rings (SSSR count). The van der Waals surface area contributed by atoms with Crippen LogP contribution in [0.2, 0.25) is 0 Å². The van der Waals surface area contributed by atoms with Crippen molar-refractivity contribution >= 4 is 0 Å². The number of aromatic amines is 1. The largest absolute Gasteiger partial charge is 0.494 e. The van der Waals surface area contributed by atoms with Crippen molar-refractivity contribution in [3.8, 4) is 17.0 Å². The van der Waals surface area contributed by atoms with Crippen molar-refractivity contribution in [3.63, 3.8) is 0 Å². The maximum atomic E-state index is 5.61. The number of ether oxygens (including phenoxy) is 1. The third-order valence-electron chi connectivity index (χ3n) is 3.49. The van der Waals surface area contributed by atoms with E-state index in [0.29, 0.717) is 6.04 Å². The Balaban J connectivity index is 1.69. The Morgan fingerprint density at radius 1 is 1.30 bits per heavy atom. The predicted octanol–water partition coefficient (Wildman–Crippen LogP) is 3.12. The molecule has 0 unspecified atom stereocenters. The Morgan fingerprint density at radius 2 is 2.10 bits per heavy atom. The van der Waals surface area contributed by atoms with Crippen molar-refractivity contribution < 1.29 is 4.74 Å². The van der Waals surface area contributed by atoms with Crippen molar-refractivity contribution in [1.82, 2.24) is 15.5 Å². The molecule has 2 N–H and O–H groups in total. The fourth-order valence-electron chi connectivity index (χ4n) is 2.17. The van der Waals surface area contributed by atoms with Gasteiger partial charge in [-0.1, -0.05) is 6.92 Å². The van der Waals surface area contributed by atoms with Crippen LogP contribution in [0.5, 0.6) is 5.75 Å². The summed E-state index contributed by atoms with van der Waals surface area (Å²) in [6, 6.07) is 8.91. The number of hydrogen-bond acceptors (Lipinski definition) is 3. The van der Waals surface area contributed by atoms with Crippen molar-refractivity contribution in [2.75, 3.05) is 6.61 Å². The molecule has 20 heavy (non-hydrogen) atoms. The van der Waals surface area contributed by atoms with E-state index in [2.05, 4.69) is 34.6 Å². The van der Waals surface area contributed by atoms with E-state index >= 15 is 0 Å². The van der Waals surface area contributed by atoms with Gasteiger partial charge < -0.3 is 10.1 Å². The monoisotopic (exact) mass is 271 g/mol. The van der Waals surface area contributed by atoms with Crippen LogP contribution < -0.4 is 10.1 Å². The summed E-state index contributed by atoms with van der Waals surface area (Å²) in [7, 11) is 0. The van der Waals surface area contributed by atoms with Crippen molar-refractivity contribution in [3.05, 3.63) is 36.0 Å². The van der Waals surface area contributed by atoms with Crippen LogP contribution in [-0.4, -0.2) is 22.8 Å². The molecule has 1 aliphatic rings. The van der Waals surface area contributed by atoms with Crippen LogP contribution in [0.25, 0.3) is 11.3 Å². The van der Waals surface area contributed by atoms with Gasteiger partial charge in [-0.2, -0.15) is 5.10 Å². The van der Waals surface area contributed by atoms with E-state index in [1.54, 1.807) is 0 Å². The minimum Gasteiger partial charge on any atom is -0.494 e. The number of aromatic nitrogens is 2. The van der Waals surface area contributed by atoms with E-state index in [0.717, 1.165) is 36.6 Å². The number of nitrogens with one attached hydrogen (secondary N) is 2. The molecule has 4 nitrogen and oxygen atoms in total. The van der Waals surface area contributed by atoms with Crippen LogP contribution in [0.15, 0.2) is 30.5 Å². The minimum absolute atomic E-state index is 0.711. The number of rotatable bonds is 7. The average molecular weight is 271 g/mol. The lowest BCUT2D eigenvalue weighted by Crippen LogP contribution is -2.15. The molecule has 0 radical (unpaired) electrons. The third-order valence-corrected chi connectivity index (χ3v) is 3.49. The summed E-state index contributed by atoms with van der Waals surface area (Å²) in [4.78, 5) is 0. The molecule has 106 valence electrons. The quantitative estimate of drug-likeness (QED) is 0.813. The number of hydrogen-bond donors (Lipinski definition) is 2. The van der Waals surface area contributed by atoms with Crippen molar-refractivity contribution in [2.45, 2.75) is 38.8 Å². The molecule has 2 aromatic rings. The lowest BCUT2D eigenvalue weighted by atomic mass is 10.1. The highest BCUT2D eigenvalue weighted by atomic mass is 16.5. The van der Waals surface area contributed by atoms with Gasteiger partial charge in [-0.3, -0.25) is 5.10 Å². The first-order valence-corrected chi connectivity index (χ1v) is 7.35. The lowest BCUT2D eigenvalue weighted by Gasteiger charge is -2.07. The highest BCUT2D eigenvalue weighted by Crippen LogP contribution is 2.25. The second-order valence-corrected chi connectivity index (χ2v) is 5.30. The van der Waals surface area contributed by atoms with E-state index in [4.69, 9.17) is 4.74 Å². The predicted molar refractivity (Wildman–Crippen MR) is 79.7 cm³/mol. The van der Waals surface area contributed by atoms with E-state index in [1.165, 1.54) is 18.4 Å². The smallest absolute Gasteiger partial charge is 0.119 e. The molecule has 0 aliphatic heterocycles. The van der Waals surface area contributed by atoms with E-state index < -0.39 is 0 Å². The molecule has 1 aromatic heterocycles. The Kier molecular flexibility index (Phi) is 4.02.